The number of methoxy groups -OCH3 is 2. The molecule has 130 valence electrons. The van der Waals surface area contributed by atoms with E-state index in [0.717, 1.165) is 17.9 Å². The van der Waals surface area contributed by atoms with Gasteiger partial charge in [0.15, 0.2) is 5.96 Å². The molecule has 0 atom stereocenters. The van der Waals surface area contributed by atoms with Crippen LogP contribution in [0.1, 0.15) is 18.9 Å². The summed E-state index contributed by atoms with van der Waals surface area (Å²) < 4.78 is 15.5. The van der Waals surface area contributed by atoms with E-state index in [2.05, 4.69) is 27.5 Å². The van der Waals surface area contributed by atoms with Gasteiger partial charge >= 0.3 is 0 Å². The lowest BCUT2D eigenvalue weighted by Gasteiger charge is -2.12. The summed E-state index contributed by atoms with van der Waals surface area (Å²) in [6, 6.07) is 3.85. The van der Waals surface area contributed by atoms with E-state index in [1.165, 1.54) is 0 Å². The van der Waals surface area contributed by atoms with Gasteiger partial charge in [-0.05, 0) is 12.0 Å². The molecule has 0 radical (unpaired) electrons. The first-order chi connectivity index (χ1) is 11.3. The van der Waals surface area contributed by atoms with Gasteiger partial charge in [0.1, 0.15) is 0 Å². The van der Waals surface area contributed by atoms with Crippen molar-refractivity contribution in [2.24, 2.45) is 4.99 Å². The van der Waals surface area contributed by atoms with Crippen molar-refractivity contribution < 1.29 is 14.2 Å². The predicted octanol–water partition coefficient (Wildman–Crippen LogP) is 1.20. The zero-order chi connectivity index (χ0) is 16.8. The molecule has 0 saturated carbocycles. The minimum Gasteiger partial charge on any atom is -0.478 e. The molecule has 0 spiro atoms. The van der Waals surface area contributed by atoms with E-state index in [1.54, 1.807) is 20.4 Å². The maximum absolute atomic E-state index is 5.47. The van der Waals surface area contributed by atoms with E-state index in [9.17, 15) is 0 Å². The second-order valence-corrected chi connectivity index (χ2v) is 4.86. The molecule has 7 heteroatoms. The molecule has 23 heavy (non-hydrogen) atoms. The number of nitrogens with zero attached hydrogens (tertiary/aromatic N) is 2. The third-order valence-corrected chi connectivity index (χ3v) is 2.87. The molecule has 7 nitrogen and oxygen atoms in total. The Bertz CT molecular complexity index is 425. The number of hydrogen-bond donors (Lipinski definition) is 2. The highest BCUT2D eigenvalue weighted by molar-refractivity contribution is 5.79. The lowest BCUT2D eigenvalue weighted by molar-refractivity contribution is 0.200. The number of aliphatic imine (C=N–C) groups is 1. The summed E-state index contributed by atoms with van der Waals surface area (Å²) in [7, 11) is 3.34. The van der Waals surface area contributed by atoms with Gasteiger partial charge < -0.3 is 24.8 Å². The molecule has 0 aliphatic carbocycles. The Morgan fingerprint density at radius 2 is 1.78 bits per heavy atom. The number of ether oxygens (including phenoxy) is 3. The van der Waals surface area contributed by atoms with E-state index in [0.29, 0.717) is 45.3 Å². The SMILES string of the molecule is CCCOc1ccc(CN=C(NCCOC)NCCOC)cn1. The maximum Gasteiger partial charge on any atom is 0.213 e. The summed E-state index contributed by atoms with van der Waals surface area (Å²) in [5.41, 5.74) is 1.02. The van der Waals surface area contributed by atoms with Crippen molar-refractivity contribution in [3.8, 4) is 5.88 Å². The fourth-order valence-electron chi connectivity index (χ4n) is 1.68. The zero-order valence-electron chi connectivity index (χ0n) is 14.3. The molecule has 0 aromatic carbocycles. The van der Waals surface area contributed by atoms with Crippen LogP contribution >= 0.6 is 0 Å². The van der Waals surface area contributed by atoms with E-state index >= 15 is 0 Å². The number of guanidine groups is 1. The fraction of sp³-hybridized carbons (Fsp3) is 0.625. The third kappa shape index (κ3) is 9.00. The van der Waals surface area contributed by atoms with Crippen molar-refractivity contribution in [2.75, 3.05) is 47.1 Å². The lowest BCUT2D eigenvalue weighted by Crippen LogP contribution is -2.40. The Kier molecular flexibility index (Phi) is 10.6. The minimum atomic E-state index is 0.538. The number of rotatable bonds is 11. The van der Waals surface area contributed by atoms with Crippen LogP contribution in [0.2, 0.25) is 0 Å². The Labute approximate surface area is 138 Å². The van der Waals surface area contributed by atoms with E-state index in [4.69, 9.17) is 14.2 Å². The molecule has 1 heterocycles. The molecule has 0 bridgehead atoms. The normalized spacial score (nSPS) is 10.2. The number of nitrogens with one attached hydrogen (secondary N) is 2. The molecule has 0 amide bonds. The van der Waals surface area contributed by atoms with Gasteiger partial charge in [-0.25, -0.2) is 9.98 Å². The molecule has 0 unspecified atom stereocenters. The summed E-state index contributed by atoms with van der Waals surface area (Å²) in [6.45, 7) is 5.91. The van der Waals surface area contributed by atoms with Crippen LogP contribution in [-0.2, 0) is 16.0 Å². The van der Waals surface area contributed by atoms with Crippen molar-refractivity contribution in [2.45, 2.75) is 19.9 Å². The van der Waals surface area contributed by atoms with Gasteiger partial charge in [0.2, 0.25) is 5.88 Å². The fourth-order valence-corrected chi connectivity index (χ4v) is 1.68. The molecule has 1 rings (SSSR count). The Morgan fingerprint density at radius 1 is 1.09 bits per heavy atom. The Hall–Kier alpha value is -1.86. The highest BCUT2D eigenvalue weighted by Gasteiger charge is 2.00. The minimum absolute atomic E-state index is 0.538. The molecule has 2 N–H and O–H groups in total. The summed E-state index contributed by atoms with van der Waals surface area (Å²) in [6.07, 6.45) is 2.76. The average Bonchev–Trinajstić information content (AvgIpc) is 2.58. The van der Waals surface area contributed by atoms with Gasteiger partial charge in [-0.1, -0.05) is 13.0 Å². The van der Waals surface area contributed by atoms with Crippen LogP contribution in [0, 0.1) is 0 Å². The first kappa shape index (κ1) is 19.2. The van der Waals surface area contributed by atoms with Crippen molar-refractivity contribution in [3.63, 3.8) is 0 Å². The lowest BCUT2D eigenvalue weighted by atomic mass is 10.3. The topological polar surface area (TPSA) is 77.0 Å². The molecule has 0 fully saturated rings. The summed E-state index contributed by atoms with van der Waals surface area (Å²) in [5, 5.41) is 6.40. The zero-order valence-corrected chi connectivity index (χ0v) is 14.3. The molecule has 0 aliphatic heterocycles. The molecule has 0 aliphatic rings. The van der Waals surface area contributed by atoms with Crippen molar-refractivity contribution in [1.82, 2.24) is 15.6 Å². The highest BCUT2D eigenvalue weighted by Crippen LogP contribution is 2.08. The molecule has 1 aromatic rings. The van der Waals surface area contributed by atoms with Crippen LogP contribution in [0.15, 0.2) is 23.3 Å². The molecule has 1 aromatic heterocycles. The smallest absolute Gasteiger partial charge is 0.213 e. The molecular formula is C16H28N4O3. The quantitative estimate of drug-likeness (QED) is 0.362. The monoisotopic (exact) mass is 324 g/mol. The van der Waals surface area contributed by atoms with Crippen LogP contribution in [0.3, 0.4) is 0 Å². The molecular weight excluding hydrogens is 296 g/mol. The van der Waals surface area contributed by atoms with Gasteiger partial charge in [0.25, 0.3) is 0 Å². The second-order valence-electron chi connectivity index (χ2n) is 4.86. The molecule has 0 saturated heterocycles. The first-order valence-corrected chi connectivity index (χ1v) is 7.88. The number of aromatic nitrogens is 1. The second kappa shape index (κ2) is 12.7. The van der Waals surface area contributed by atoms with Crippen LogP contribution < -0.4 is 15.4 Å². The average molecular weight is 324 g/mol. The van der Waals surface area contributed by atoms with Crippen molar-refractivity contribution in [3.05, 3.63) is 23.9 Å². The highest BCUT2D eigenvalue weighted by atomic mass is 16.5. The summed E-state index contributed by atoms with van der Waals surface area (Å²) in [5.74, 6) is 1.38. The predicted molar refractivity (Wildman–Crippen MR) is 90.9 cm³/mol. The van der Waals surface area contributed by atoms with Crippen LogP contribution in [-0.4, -0.2) is 58.1 Å². The first-order valence-electron chi connectivity index (χ1n) is 7.88. The number of hydrogen-bond acceptors (Lipinski definition) is 5. The van der Waals surface area contributed by atoms with Gasteiger partial charge in [0.05, 0.1) is 26.4 Å². The van der Waals surface area contributed by atoms with E-state index in [1.807, 2.05) is 12.1 Å². The standard InChI is InChI=1S/C16H28N4O3/c1-4-9-23-15-6-5-14(12-19-15)13-20-16(17-7-10-21-2)18-8-11-22-3/h5-6,12H,4,7-11,13H2,1-3H3,(H2,17,18,20). The third-order valence-electron chi connectivity index (χ3n) is 2.87. The van der Waals surface area contributed by atoms with E-state index < -0.39 is 0 Å². The van der Waals surface area contributed by atoms with Crippen LogP contribution in [0.4, 0.5) is 0 Å². The van der Waals surface area contributed by atoms with Gasteiger partial charge in [-0.3, -0.25) is 0 Å². The van der Waals surface area contributed by atoms with Crippen LogP contribution in [0.5, 0.6) is 5.88 Å². The van der Waals surface area contributed by atoms with E-state index in [-0.39, 0.29) is 0 Å². The summed E-state index contributed by atoms with van der Waals surface area (Å²) in [4.78, 5) is 8.80. The van der Waals surface area contributed by atoms with Crippen molar-refractivity contribution >= 4 is 5.96 Å². The maximum atomic E-state index is 5.47. The van der Waals surface area contributed by atoms with Gasteiger partial charge in [-0.15, -0.1) is 0 Å². The Morgan fingerprint density at radius 3 is 2.30 bits per heavy atom. The van der Waals surface area contributed by atoms with Gasteiger partial charge in [-0.2, -0.15) is 0 Å². The largest absolute Gasteiger partial charge is 0.478 e. The summed E-state index contributed by atoms with van der Waals surface area (Å²) >= 11 is 0. The van der Waals surface area contributed by atoms with Crippen LogP contribution in [0.25, 0.3) is 0 Å². The van der Waals surface area contributed by atoms with Gasteiger partial charge in [0, 0.05) is 39.6 Å². The van der Waals surface area contributed by atoms with Crippen molar-refractivity contribution in [1.29, 1.82) is 0 Å². The number of pyridine rings is 1. The Balaban J connectivity index is 2.52.